The van der Waals surface area contributed by atoms with Gasteiger partial charge >= 0.3 is 0 Å². The molecule has 106 valence electrons. The standard InChI is InChI=1S/C15H14N4OS/c20-14(10-7-17-11-4-2-1-3-9(10)11)19-15-18-12-5-6-16-8-13(12)21-15/h1-4,7,16-17H,5-6,8H2,(H,18,19,20). The molecule has 2 aromatic heterocycles. The summed E-state index contributed by atoms with van der Waals surface area (Å²) >= 11 is 1.55. The minimum Gasteiger partial charge on any atom is -0.360 e. The van der Waals surface area contributed by atoms with Gasteiger partial charge in [0.05, 0.1) is 11.3 Å². The van der Waals surface area contributed by atoms with Crippen molar-refractivity contribution in [3.05, 3.63) is 46.6 Å². The Balaban J connectivity index is 1.62. The van der Waals surface area contributed by atoms with E-state index in [0.717, 1.165) is 36.1 Å². The molecule has 1 aromatic carbocycles. The molecule has 0 saturated carbocycles. The van der Waals surface area contributed by atoms with Gasteiger partial charge in [0.15, 0.2) is 5.13 Å². The summed E-state index contributed by atoms with van der Waals surface area (Å²) in [7, 11) is 0. The van der Waals surface area contributed by atoms with Gasteiger partial charge in [-0.05, 0) is 6.07 Å². The number of H-pyrrole nitrogens is 1. The molecule has 0 spiro atoms. The average Bonchev–Trinajstić information content (AvgIpc) is 3.10. The number of aromatic nitrogens is 2. The largest absolute Gasteiger partial charge is 0.360 e. The van der Waals surface area contributed by atoms with Crippen LogP contribution in [0.2, 0.25) is 0 Å². The highest BCUT2D eigenvalue weighted by Gasteiger charge is 2.17. The Labute approximate surface area is 125 Å². The van der Waals surface area contributed by atoms with Crippen molar-refractivity contribution in [3.8, 4) is 0 Å². The summed E-state index contributed by atoms with van der Waals surface area (Å²) in [6, 6.07) is 7.78. The Morgan fingerprint density at radius 3 is 3.14 bits per heavy atom. The van der Waals surface area contributed by atoms with Crippen LogP contribution >= 0.6 is 11.3 Å². The van der Waals surface area contributed by atoms with Gasteiger partial charge in [0.1, 0.15) is 0 Å². The van der Waals surface area contributed by atoms with Crippen molar-refractivity contribution in [3.63, 3.8) is 0 Å². The quantitative estimate of drug-likeness (QED) is 0.681. The minimum atomic E-state index is -0.119. The van der Waals surface area contributed by atoms with E-state index in [-0.39, 0.29) is 5.91 Å². The Bertz CT molecular complexity index is 797. The lowest BCUT2D eigenvalue weighted by atomic mass is 10.2. The normalized spacial score (nSPS) is 14.1. The highest BCUT2D eigenvalue weighted by atomic mass is 32.1. The molecule has 0 bridgehead atoms. The van der Waals surface area contributed by atoms with E-state index in [0.29, 0.717) is 10.7 Å². The van der Waals surface area contributed by atoms with Crippen LogP contribution in [-0.4, -0.2) is 22.4 Å². The van der Waals surface area contributed by atoms with Crippen molar-refractivity contribution in [1.29, 1.82) is 0 Å². The Morgan fingerprint density at radius 1 is 1.33 bits per heavy atom. The maximum Gasteiger partial charge on any atom is 0.259 e. The van der Waals surface area contributed by atoms with Gasteiger partial charge in [-0.25, -0.2) is 4.98 Å². The van der Waals surface area contributed by atoms with E-state index in [4.69, 9.17) is 0 Å². The summed E-state index contributed by atoms with van der Waals surface area (Å²) < 4.78 is 0. The van der Waals surface area contributed by atoms with Crippen molar-refractivity contribution >= 4 is 33.3 Å². The van der Waals surface area contributed by atoms with E-state index in [1.807, 2.05) is 24.3 Å². The third-order valence-electron chi connectivity index (χ3n) is 3.66. The van der Waals surface area contributed by atoms with Crippen molar-refractivity contribution in [2.45, 2.75) is 13.0 Å². The molecule has 4 rings (SSSR count). The second-order valence-electron chi connectivity index (χ2n) is 5.02. The number of hydrogen-bond donors (Lipinski definition) is 3. The van der Waals surface area contributed by atoms with E-state index in [1.165, 1.54) is 4.88 Å². The Hall–Kier alpha value is -2.18. The van der Waals surface area contributed by atoms with Crippen molar-refractivity contribution < 1.29 is 4.79 Å². The van der Waals surface area contributed by atoms with E-state index in [2.05, 4.69) is 20.6 Å². The number of rotatable bonds is 2. The number of nitrogens with one attached hydrogen (secondary N) is 3. The zero-order chi connectivity index (χ0) is 14.2. The average molecular weight is 298 g/mol. The molecule has 1 aliphatic heterocycles. The van der Waals surface area contributed by atoms with Crippen LogP contribution in [0.3, 0.4) is 0 Å². The van der Waals surface area contributed by atoms with E-state index in [1.54, 1.807) is 17.5 Å². The Morgan fingerprint density at radius 2 is 2.24 bits per heavy atom. The predicted molar refractivity (Wildman–Crippen MR) is 83.8 cm³/mol. The van der Waals surface area contributed by atoms with Gasteiger partial charge < -0.3 is 10.3 Å². The number of carbonyl (C=O) groups is 1. The molecule has 0 saturated heterocycles. The summed E-state index contributed by atoms with van der Waals surface area (Å²) in [6.07, 6.45) is 2.67. The first-order valence-corrected chi connectivity index (χ1v) is 7.69. The van der Waals surface area contributed by atoms with Gasteiger partial charge in [-0.3, -0.25) is 10.1 Å². The fourth-order valence-electron chi connectivity index (χ4n) is 2.60. The van der Waals surface area contributed by atoms with Crippen LogP contribution in [0.15, 0.2) is 30.5 Å². The molecule has 0 aliphatic carbocycles. The lowest BCUT2D eigenvalue weighted by Crippen LogP contribution is -2.22. The minimum absolute atomic E-state index is 0.119. The molecule has 3 N–H and O–H groups in total. The second kappa shape index (κ2) is 4.98. The van der Waals surface area contributed by atoms with Crippen molar-refractivity contribution in [2.24, 2.45) is 0 Å². The van der Waals surface area contributed by atoms with Gasteiger partial charge in [0, 0.05) is 41.5 Å². The van der Waals surface area contributed by atoms with Crippen LogP contribution in [0.5, 0.6) is 0 Å². The van der Waals surface area contributed by atoms with Crippen molar-refractivity contribution in [1.82, 2.24) is 15.3 Å². The number of fused-ring (bicyclic) bond motifs is 2. The number of anilines is 1. The molecule has 0 fully saturated rings. The first-order valence-electron chi connectivity index (χ1n) is 6.88. The molecule has 3 aromatic rings. The number of carbonyl (C=O) groups excluding carboxylic acids is 1. The molecule has 21 heavy (non-hydrogen) atoms. The Kier molecular flexibility index (Phi) is 2.98. The molecule has 0 unspecified atom stereocenters. The number of hydrogen-bond acceptors (Lipinski definition) is 4. The number of nitrogens with zero attached hydrogens (tertiary/aromatic N) is 1. The van der Waals surface area contributed by atoms with Gasteiger partial charge in [0.2, 0.25) is 0 Å². The molecule has 1 aliphatic rings. The topological polar surface area (TPSA) is 69.8 Å². The molecule has 3 heterocycles. The first-order chi connectivity index (χ1) is 10.3. The van der Waals surface area contributed by atoms with Crippen LogP contribution in [0.1, 0.15) is 20.9 Å². The van der Waals surface area contributed by atoms with E-state index in [9.17, 15) is 4.79 Å². The van der Waals surface area contributed by atoms with Gasteiger partial charge in [-0.1, -0.05) is 18.2 Å². The highest BCUT2D eigenvalue weighted by molar-refractivity contribution is 7.15. The third kappa shape index (κ3) is 2.22. The fourth-order valence-corrected chi connectivity index (χ4v) is 3.58. The molecule has 0 atom stereocenters. The van der Waals surface area contributed by atoms with Crippen LogP contribution < -0.4 is 10.6 Å². The van der Waals surface area contributed by atoms with Crippen molar-refractivity contribution in [2.75, 3.05) is 11.9 Å². The number of para-hydroxylation sites is 1. The number of aromatic amines is 1. The summed E-state index contributed by atoms with van der Waals surface area (Å²) in [5.41, 5.74) is 2.72. The molecule has 1 amide bonds. The lowest BCUT2D eigenvalue weighted by molar-refractivity contribution is 0.102. The summed E-state index contributed by atoms with van der Waals surface area (Å²) in [6.45, 7) is 1.79. The highest BCUT2D eigenvalue weighted by Crippen LogP contribution is 2.26. The lowest BCUT2D eigenvalue weighted by Gasteiger charge is -2.09. The maximum absolute atomic E-state index is 12.4. The second-order valence-corrected chi connectivity index (χ2v) is 6.10. The third-order valence-corrected chi connectivity index (χ3v) is 4.67. The summed E-state index contributed by atoms with van der Waals surface area (Å²) in [5, 5.41) is 7.83. The molecule has 6 heteroatoms. The van der Waals surface area contributed by atoms with Crippen LogP contribution in [0.25, 0.3) is 10.9 Å². The summed E-state index contributed by atoms with van der Waals surface area (Å²) in [5.74, 6) is -0.119. The summed E-state index contributed by atoms with van der Waals surface area (Å²) in [4.78, 5) is 21.3. The SMILES string of the molecule is O=C(Nc1nc2c(s1)CNCC2)c1c[nH]c2ccccc12. The number of benzene rings is 1. The molecular formula is C15H14N4OS. The first kappa shape index (κ1) is 12.6. The number of thiazole rings is 1. The van der Waals surface area contributed by atoms with Gasteiger partial charge in [0.25, 0.3) is 5.91 Å². The molecule has 5 nitrogen and oxygen atoms in total. The van der Waals surface area contributed by atoms with E-state index < -0.39 is 0 Å². The zero-order valence-corrected chi connectivity index (χ0v) is 12.1. The predicted octanol–water partition coefficient (Wildman–Crippen LogP) is 2.52. The van der Waals surface area contributed by atoms with Gasteiger partial charge in [-0.15, -0.1) is 11.3 Å². The zero-order valence-electron chi connectivity index (χ0n) is 11.3. The maximum atomic E-state index is 12.4. The molecular weight excluding hydrogens is 284 g/mol. The smallest absolute Gasteiger partial charge is 0.259 e. The van der Waals surface area contributed by atoms with E-state index >= 15 is 0 Å². The fraction of sp³-hybridized carbons (Fsp3) is 0.200. The molecule has 0 radical (unpaired) electrons. The van der Waals surface area contributed by atoms with Crippen LogP contribution in [-0.2, 0) is 13.0 Å². The van der Waals surface area contributed by atoms with Crippen LogP contribution in [0, 0.1) is 0 Å². The monoisotopic (exact) mass is 298 g/mol. The van der Waals surface area contributed by atoms with Crippen LogP contribution in [0.4, 0.5) is 5.13 Å². The number of amides is 1. The van der Waals surface area contributed by atoms with Gasteiger partial charge in [-0.2, -0.15) is 0 Å².